The highest BCUT2D eigenvalue weighted by molar-refractivity contribution is 7.18. The number of amides is 2. The lowest BCUT2D eigenvalue weighted by atomic mass is 9.85. The Bertz CT molecular complexity index is 869. The van der Waals surface area contributed by atoms with Crippen LogP contribution in [0.5, 0.6) is 0 Å². The predicted octanol–water partition coefficient (Wildman–Crippen LogP) is 3.33. The van der Waals surface area contributed by atoms with Crippen LogP contribution in [-0.4, -0.2) is 39.6 Å². The summed E-state index contributed by atoms with van der Waals surface area (Å²) in [5.74, 6) is 1.66. The van der Waals surface area contributed by atoms with Gasteiger partial charge in [0, 0.05) is 25.9 Å². The van der Waals surface area contributed by atoms with E-state index in [0.29, 0.717) is 37.1 Å². The second-order valence-corrected chi connectivity index (χ2v) is 7.71. The summed E-state index contributed by atoms with van der Waals surface area (Å²) in [6, 6.07) is 7.91. The van der Waals surface area contributed by atoms with Crippen molar-refractivity contribution in [2.24, 2.45) is 0 Å². The van der Waals surface area contributed by atoms with Crippen molar-refractivity contribution in [3.8, 4) is 0 Å². The van der Waals surface area contributed by atoms with Crippen LogP contribution in [0.4, 0.5) is 4.79 Å². The van der Waals surface area contributed by atoms with E-state index in [1.54, 1.807) is 23.3 Å². The Morgan fingerprint density at radius 2 is 2.19 bits per heavy atom. The Morgan fingerprint density at radius 3 is 2.96 bits per heavy atom. The van der Waals surface area contributed by atoms with Crippen molar-refractivity contribution in [2.45, 2.75) is 38.1 Å². The van der Waals surface area contributed by atoms with Crippen LogP contribution in [0.25, 0.3) is 10.2 Å². The van der Waals surface area contributed by atoms with Gasteiger partial charge in [-0.25, -0.2) is 9.78 Å². The first kappa shape index (κ1) is 17.0. The molecule has 2 heterocycles. The number of aromatic nitrogens is 3. The molecular weight excluding hydrogens is 350 g/mol. The van der Waals surface area contributed by atoms with Gasteiger partial charge in [-0.1, -0.05) is 23.7 Å². The fraction of sp³-hybridized carbons (Fsp3) is 0.444. The van der Waals surface area contributed by atoms with E-state index < -0.39 is 0 Å². The SMILES string of the molecule is CN(Cc1noc(C2CCC2)n1)C(=O)NCCc1nc2ccccc2s1. The molecule has 1 aromatic carbocycles. The lowest BCUT2D eigenvalue weighted by Gasteiger charge is -2.20. The van der Waals surface area contributed by atoms with Crippen molar-refractivity contribution in [2.75, 3.05) is 13.6 Å². The Labute approximate surface area is 155 Å². The summed E-state index contributed by atoms with van der Waals surface area (Å²) < 4.78 is 6.46. The standard InChI is InChI=1S/C18H21N5O2S/c1-23(11-15-21-17(25-22-15)12-5-4-6-12)18(24)19-10-9-16-20-13-7-2-3-8-14(13)26-16/h2-3,7-8,12H,4-6,9-11H2,1H3,(H,19,24). The second kappa shape index (κ2) is 7.41. The molecule has 2 amide bonds. The van der Waals surface area contributed by atoms with Crippen molar-refractivity contribution in [3.63, 3.8) is 0 Å². The fourth-order valence-electron chi connectivity index (χ4n) is 2.87. The molecule has 0 radical (unpaired) electrons. The van der Waals surface area contributed by atoms with E-state index in [0.717, 1.165) is 23.4 Å². The third-order valence-corrected chi connectivity index (χ3v) is 5.71. The Hall–Kier alpha value is -2.48. The smallest absolute Gasteiger partial charge is 0.317 e. The normalized spacial score (nSPS) is 14.3. The molecule has 4 rings (SSSR count). The largest absolute Gasteiger partial charge is 0.339 e. The fourth-order valence-corrected chi connectivity index (χ4v) is 3.84. The van der Waals surface area contributed by atoms with Crippen LogP contribution < -0.4 is 5.32 Å². The first-order chi connectivity index (χ1) is 12.7. The van der Waals surface area contributed by atoms with E-state index in [1.807, 2.05) is 18.2 Å². The molecule has 1 fully saturated rings. The van der Waals surface area contributed by atoms with Crippen LogP contribution in [0, 0.1) is 0 Å². The number of fused-ring (bicyclic) bond motifs is 1. The Balaban J connectivity index is 1.25. The molecule has 0 spiro atoms. The molecule has 0 aliphatic heterocycles. The van der Waals surface area contributed by atoms with Crippen molar-refractivity contribution >= 4 is 27.6 Å². The summed E-state index contributed by atoms with van der Waals surface area (Å²) >= 11 is 1.66. The van der Waals surface area contributed by atoms with E-state index in [4.69, 9.17) is 4.52 Å². The zero-order valence-electron chi connectivity index (χ0n) is 14.6. The number of nitrogens with one attached hydrogen (secondary N) is 1. The maximum Gasteiger partial charge on any atom is 0.317 e. The number of rotatable bonds is 6. The first-order valence-corrected chi connectivity index (χ1v) is 9.66. The highest BCUT2D eigenvalue weighted by Crippen LogP contribution is 2.35. The number of carbonyl (C=O) groups is 1. The van der Waals surface area contributed by atoms with Crippen LogP contribution in [0.2, 0.25) is 0 Å². The molecule has 1 saturated carbocycles. The Kier molecular flexibility index (Phi) is 4.83. The van der Waals surface area contributed by atoms with Gasteiger partial charge in [-0.3, -0.25) is 0 Å². The molecule has 1 N–H and O–H groups in total. The zero-order chi connectivity index (χ0) is 17.9. The van der Waals surface area contributed by atoms with Gasteiger partial charge in [-0.15, -0.1) is 11.3 Å². The number of hydrogen-bond donors (Lipinski definition) is 1. The van der Waals surface area contributed by atoms with Crippen LogP contribution in [0.1, 0.15) is 41.9 Å². The van der Waals surface area contributed by atoms with Crippen molar-refractivity contribution in [1.29, 1.82) is 0 Å². The second-order valence-electron chi connectivity index (χ2n) is 6.59. The molecule has 0 saturated heterocycles. The summed E-state index contributed by atoms with van der Waals surface area (Å²) in [6.45, 7) is 0.881. The average molecular weight is 371 g/mol. The van der Waals surface area contributed by atoms with Crippen molar-refractivity contribution in [1.82, 2.24) is 25.3 Å². The number of urea groups is 1. The lowest BCUT2D eigenvalue weighted by molar-refractivity contribution is 0.205. The van der Waals surface area contributed by atoms with Gasteiger partial charge in [0.15, 0.2) is 5.82 Å². The maximum atomic E-state index is 12.2. The summed E-state index contributed by atoms with van der Waals surface area (Å²) in [7, 11) is 1.73. The number of benzene rings is 1. The first-order valence-electron chi connectivity index (χ1n) is 8.85. The molecule has 0 unspecified atom stereocenters. The van der Waals surface area contributed by atoms with Crippen molar-refractivity contribution < 1.29 is 9.32 Å². The molecule has 26 heavy (non-hydrogen) atoms. The van der Waals surface area contributed by atoms with E-state index in [1.165, 1.54) is 11.1 Å². The predicted molar refractivity (Wildman–Crippen MR) is 99.1 cm³/mol. The third kappa shape index (κ3) is 3.70. The van der Waals surface area contributed by atoms with E-state index in [-0.39, 0.29) is 6.03 Å². The van der Waals surface area contributed by atoms with Gasteiger partial charge in [0.05, 0.1) is 21.8 Å². The van der Waals surface area contributed by atoms with Crippen LogP contribution in [0.15, 0.2) is 28.8 Å². The lowest BCUT2D eigenvalue weighted by Crippen LogP contribution is -2.38. The van der Waals surface area contributed by atoms with Gasteiger partial charge in [0.2, 0.25) is 5.89 Å². The summed E-state index contributed by atoms with van der Waals surface area (Å²) in [5.41, 5.74) is 1.01. The molecule has 7 nitrogen and oxygen atoms in total. The molecular formula is C18H21N5O2S. The molecule has 0 atom stereocenters. The highest BCUT2D eigenvalue weighted by atomic mass is 32.1. The monoisotopic (exact) mass is 371 g/mol. The number of nitrogens with zero attached hydrogens (tertiary/aromatic N) is 4. The van der Waals surface area contributed by atoms with Crippen LogP contribution in [0.3, 0.4) is 0 Å². The average Bonchev–Trinajstić information content (AvgIpc) is 3.19. The third-order valence-electron chi connectivity index (χ3n) is 4.62. The molecule has 3 aromatic rings. The molecule has 2 aromatic heterocycles. The Morgan fingerprint density at radius 1 is 1.35 bits per heavy atom. The topological polar surface area (TPSA) is 84.2 Å². The maximum absolute atomic E-state index is 12.2. The molecule has 0 bridgehead atoms. The van der Waals surface area contributed by atoms with E-state index in [9.17, 15) is 4.79 Å². The minimum atomic E-state index is -0.152. The minimum absolute atomic E-state index is 0.152. The van der Waals surface area contributed by atoms with Crippen LogP contribution in [-0.2, 0) is 13.0 Å². The van der Waals surface area contributed by atoms with Gasteiger partial charge in [-0.05, 0) is 25.0 Å². The van der Waals surface area contributed by atoms with E-state index >= 15 is 0 Å². The van der Waals surface area contributed by atoms with Gasteiger partial charge in [0.25, 0.3) is 0 Å². The minimum Gasteiger partial charge on any atom is -0.339 e. The van der Waals surface area contributed by atoms with E-state index in [2.05, 4.69) is 26.5 Å². The molecule has 8 heteroatoms. The number of thiazole rings is 1. The van der Waals surface area contributed by atoms with Crippen molar-refractivity contribution in [3.05, 3.63) is 41.0 Å². The number of para-hydroxylation sites is 1. The number of hydrogen-bond acceptors (Lipinski definition) is 6. The van der Waals surface area contributed by atoms with Gasteiger partial charge >= 0.3 is 6.03 Å². The zero-order valence-corrected chi connectivity index (χ0v) is 15.5. The van der Waals surface area contributed by atoms with Gasteiger partial charge in [0.1, 0.15) is 0 Å². The summed E-state index contributed by atoms with van der Waals surface area (Å²) in [4.78, 5) is 22.8. The van der Waals surface area contributed by atoms with Crippen LogP contribution >= 0.6 is 11.3 Å². The summed E-state index contributed by atoms with van der Waals surface area (Å²) in [5, 5.41) is 7.92. The van der Waals surface area contributed by atoms with Gasteiger partial charge < -0.3 is 14.7 Å². The molecule has 1 aliphatic rings. The molecule has 136 valence electrons. The highest BCUT2D eigenvalue weighted by Gasteiger charge is 2.25. The summed E-state index contributed by atoms with van der Waals surface area (Å²) in [6.07, 6.45) is 4.17. The van der Waals surface area contributed by atoms with Gasteiger partial charge in [-0.2, -0.15) is 4.98 Å². The quantitative estimate of drug-likeness (QED) is 0.718. The molecule has 1 aliphatic carbocycles. The number of carbonyl (C=O) groups excluding carboxylic acids is 1.